The number of benzene rings is 2. The van der Waals surface area contributed by atoms with Gasteiger partial charge in [-0.3, -0.25) is 4.79 Å². The van der Waals surface area contributed by atoms with Crippen LogP contribution < -0.4 is 5.32 Å². The van der Waals surface area contributed by atoms with Crippen molar-refractivity contribution in [1.29, 1.82) is 0 Å². The zero-order valence-electron chi connectivity index (χ0n) is 13.9. The van der Waals surface area contributed by atoms with E-state index in [0.717, 1.165) is 19.3 Å². The fourth-order valence-corrected chi connectivity index (χ4v) is 4.73. The van der Waals surface area contributed by atoms with E-state index in [4.69, 9.17) is 23.2 Å². The normalized spacial score (nSPS) is 15.6. The molecule has 0 unspecified atom stereocenters. The van der Waals surface area contributed by atoms with Crippen LogP contribution in [0.25, 0.3) is 0 Å². The number of nitrogens with one attached hydrogen (secondary N) is 1. The molecule has 1 aliphatic rings. The van der Waals surface area contributed by atoms with Gasteiger partial charge in [0.2, 0.25) is 10.0 Å². The van der Waals surface area contributed by atoms with Crippen molar-refractivity contribution in [2.75, 3.05) is 18.4 Å². The molecular weight excluding hydrogens is 395 g/mol. The number of hydrogen-bond donors (Lipinski definition) is 1. The van der Waals surface area contributed by atoms with Gasteiger partial charge in [-0.05, 0) is 55.3 Å². The van der Waals surface area contributed by atoms with E-state index < -0.39 is 15.9 Å². The second-order valence-corrected chi connectivity index (χ2v) is 8.85. The summed E-state index contributed by atoms with van der Waals surface area (Å²) in [6.45, 7) is 1.10. The van der Waals surface area contributed by atoms with Crippen LogP contribution in [0.15, 0.2) is 47.4 Å². The lowest BCUT2D eigenvalue weighted by Gasteiger charge is -2.25. The molecule has 1 aliphatic heterocycles. The van der Waals surface area contributed by atoms with Crippen LogP contribution in [-0.2, 0) is 10.0 Å². The first kappa shape index (κ1) is 19.2. The van der Waals surface area contributed by atoms with Gasteiger partial charge in [-0.15, -0.1) is 0 Å². The smallest absolute Gasteiger partial charge is 0.257 e. The maximum atomic E-state index is 12.6. The van der Waals surface area contributed by atoms with Gasteiger partial charge in [0.1, 0.15) is 0 Å². The number of nitrogens with zero attached hydrogens (tertiary/aromatic N) is 1. The van der Waals surface area contributed by atoms with Crippen molar-refractivity contribution in [3.05, 3.63) is 58.1 Å². The number of halogens is 2. The number of rotatable bonds is 4. The van der Waals surface area contributed by atoms with Crippen LogP contribution in [0.5, 0.6) is 0 Å². The summed E-state index contributed by atoms with van der Waals surface area (Å²) in [6.07, 6.45) is 2.82. The first-order valence-electron chi connectivity index (χ1n) is 8.24. The van der Waals surface area contributed by atoms with Crippen molar-refractivity contribution >= 4 is 44.8 Å². The molecular formula is C18H18Cl2N2O3S. The van der Waals surface area contributed by atoms with E-state index >= 15 is 0 Å². The standard InChI is InChI=1S/C18H18Cl2N2O3S/c19-13-4-9-17(20)16(12-13)18(23)21-14-5-7-15(8-6-14)26(24,25)22-10-2-1-3-11-22/h4-9,12H,1-3,10-11H2,(H,21,23). The molecule has 0 atom stereocenters. The molecule has 1 N–H and O–H groups in total. The summed E-state index contributed by atoms with van der Waals surface area (Å²) in [5.41, 5.74) is 0.729. The highest BCUT2D eigenvalue weighted by Crippen LogP contribution is 2.24. The minimum atomic E-state index is -3.49. The van der Waals surface area contributed by atoms with Crippen LogP contribution in [0, 0.1) is 0 Å². The molecule has 0 spiro atoms. The molecule has 1 amide bonds. The minimum Gasteiger partial charge on any atom is -0.322 e. The Bertz CT molecular complexity index is 909. The van der Waals surface area contributed by atoms with Crippen LogP contribution in [-0.4, -0.2) is 31.7 Å². The van der Waals surface area contributed by atoms with E-state index in [0.29, 0.717) is 23.8 Å². The third kappa shape index (κ3) is 4.20. The number of hydrogen-bond acceptors (Lipinski definition) is 3. The van der Waals surface area contributed by atoms with E-state index in [2.05, 4.69) is 5.32 Å². The van der Waals surface area contributed by atoms with Crippen molar-refractivity contribution in [2.24, 2.45) is 0 Å². The molecule has 1 saturated heterocycles. The molecule has 8 heteroatoms. The summed E-state index contributed by atoms with van der Waals surface area (Å²) in [5, 5.41) is 3.39. The van der Waals surface area contributed by atoms with Crippen molar-refractivity contribution in [3.8, 4) is 0 Å². The van der Waals surface area contributed by atoms with Crippen molar-refractivity contribution in [3.63, 3.8) is 0 Å². The van der Waals surface area contributed by atoms with E-state index in [-0.39, 0.29) is 15.5 Å². The minimum absolute atomic E-state index is 0.221. The zero-order chi connectivity index (χ0) is 18.7. The maximum absolute atomic E-state index is 12.6. The molecule has 0 saturated carbocycles. The quantitative estimate of drug-likeness (QED) is 0.807. The van der Waals surface area contributed by atoms with Gasteiger partial charge >= 0.3 is 0 Å². The van der Waals surface area contributed by atoms with Gasteiger partial charge in [0.15, 0.2) is 0 Å². The first-order chi connectivity index (χ1) is 12.4. The molecule has 0 aliphatic carbocycles. The fraction of sp³-hybridized carbons (Fsp3) is 0.278. The molecule has 0 aromatic heterocycles. The average Bonchev–Trinajstić information content (AvgIpc) is 2.65. The Kier molecular flexibility index (Phi) is 5.87. The van der Waals surface area contributed by atoms with E-state index in [1.807, 2.05) is 0 Å². The maximum Gasteiger partial charge on any atom is 0.257 e. The SMILES string of the molecule is O=C(Nc1ccc(S(=O)(=O)N2CCCCC2)cc1)c1cc(Cl)ccc1Cl. The monoisotopic (exact) mass is 412 g/mol. The summed E-state index contributed by atoms with van der Waals surface area (Å²) in [6, 6.07) is 10.8. The van der Waals surface area contributed by atoms with Gasteiger partial charge in [-0.25, -0.2) is 8.42 Å². The number of piperidine rings is 1. The summed E-state index contributed by atoms with van der Waals surface area (Å²) < 4.78 is 26.8. The van der Waals surface area contributed by atoms with E-state index in [1.165, 1.54) is 22.5 Å². The molecule has 5 nitrogen and oxygen atoms in total. The second-order valence-electron chi connectivity index (χ2n) is 6.07. The Morgan fingerprint density at radius 2 is 1.62 bits per heavy atom. The summed E-state index contributed by atoms with van der Waals surface area (Å²) in [7, 11) is -3.49. The zero-order valence-corrected chi connectivity index (χ0v) is 16.2. The number of anilines is 1. The summed E-state index contributed by atoms with van der Waals surface area (Å²) in [4.78, 5) is 12.6. The fourth-order valence-electron chi connectivity index (χ4n) is 2.83. The largest absolute Gasteiger partial charge is 0.322 e. The van der Waals surface area contributed by atoms with Crippen molar-refractivity contribution < 1.29 is 13.2 Å². The molecule has 3 rings (SSSR count). The average molecular weight is 413 g/mol. The number of carbonyl (C=O) groups is 1. The van der Waals surface area contributed by atoms with Crippen LogP contribution in [0.1, 0.15) is 29.6 Å². The van der Waals surface area contributed by atoms with Crippen LogP contribution >= 0.6 is 23.2 Å². The third-order valence-corrected chi connectivity index (χ3v) is 6.72. The third-order valence-electron chi connectivity index (χ3n) is 4.24. The lowest BCUT2D eigenvalue weighted by atomic mass is 10.2. The topological polar surface area (TPSA) is 66.5 Å². The Labute approximate surface area is 163 Å². The van der Waals surface area contributed by atoms with Crippen molar-refractivity contribution in [1.82, 2.24) is 4.31 Å². The molecule has 0 bridgehead atoms. The van der Waals surface area contributed by atoms with Gasteiger partial charge in [0.25, 0.3) is 5.91 Å². The summed E-state index contributed by atoms with van der Waals surface area (Å²) >= 11 is 11.9. The van der Waals surface area contributed by atoms with Crippen molar-refractivity contribution in [2.45, 2.75) is 24.2 Å². The second kappa shape index (κ2) is 7.96. The highest BCUT2D eigenvalue weighted by Gasteiger charge is 2.25. The Morgan fingerprint density at radius 1 is 0.962 bits per heavy atom. The molecule has 1 fully saturated rings. The lowest BCUT2D eigenvalue weighted by Crippen LogP contribution is -2.35. The Hall–Kier alpha value is -1.60. The van der Waals surface area contributed by atoms with Crippen LogP contribution in [0.2, 0.25) is 10.0 Å². The molecule has 1 heterocycles. The highest BCUT2D eigenvalue weighted by molar-refractivity contribution is 7.89. The Morgan fingerprint density at radius 3 is 2.27 bits per heavy atom. The number of amides is 1. The van der Waals surface area contributed by atoms with E-state index in [9.17, 15) is 13.2 Å². The number of sulfonamides is 1. The predicted molar refractivity (Wildman–Crippen MR) is 103 cm³/mol. The lowest BCUT2D eigenvalue weighted by molar-refractivity contribution is 0.102. The highest BCUT2D eigenvalue weighted by atomic mass is 35.5. The Balaban J connectivity index is 1.75. The molecule has 0 radical (unpaired) electrons. The molecule has 2 aromatic rings. The molecule has 26 heavy (non-hydrogen) atoms. The predicted octanol–water partition coefficient (Wildman–Crippen LogP) is 4.42. The molecule has 138 valence electrons. The van der Waals surface area contributed by atoms with Crippen LogP contribution in [0.4, 0.5) is 5.69 Å². The van der Waals surface area contributed by atoms with Gasteiger partial charge < -0.3 is 5.32 Å². The van der Waals surface area contributed by atoms with Gasteiger partial charge in [0, 0.05) is 23.8 Å². The van der Waals surface area contributed by atoms with Crippen LogP contribution in [0.3, 0.4) is 0 Å². The van der Waals surface area contributed by atoms with Gasteiger partial charge in [0.05, 0.1) is 15.5 Å². The first-order valence-corrected chi connectivity index (χ1v) is 10.4. The van der Waals surface area contributed by atoms with Gasteiger partial charge in [-0.1, -0.05) is 29.6 Å². The number of carbonyl (C=O) groups excluding carboxylic acids is 1. The van der Waals surface area contributed by atoms with Gasteiger partial charge in [-0.2, -0.15) is 4.31 Å². The molecule has 2 aromatic carbocycles. The van der Waals surface area contributed by atoms with E-state index in [1.54, 1.807) is 24.3 Å². The summed E-state index contributed by atoms with van der Waals surface area (Å²) in [5.74, 6) is -0.413.